The summed E-state index contributed by atoms with van der Waals surface area (Å²) >= 11 is 0. The fourth-order valence-corrected chi connectivity index (χ4v) is 3.11. The third kappa shape index (κ3) is 7.81. The lowest BCUT2D eigenvalue weighted by Gasteiger charge is -2.39. The van der Waals surface area contributed by atoms with Gasteiger partial charge < -0.3 is 10.4 Å². The smallest absolute Gasteiger partial charge is 0.317 e. The van der Waals surface area contributed by atoms with Crippen LogP contribution in [0.1, 0.15) is 47.0 Å². The molecule has 0 saturated carbocycles. The van der Waals surface area contributed by atoms with Gasteiger partial charge in [-0.05, 0) is 38.6 Å². The molecule has 1 amide bonds. The van der Waals surface area contributed by atoms with E-state index in [1.54, 1.807) is 0 Å². The first-order chi connectivity index (χ1) is 10.8. The fraction of sp³-hybridized carbons (Fsp3) is 0.882. The minimum absolute atomic E-state index is 0. The molecule has 6 nitrogen and oxygen atoms in total. The molecule has 1 aliphatic rings. The molecule has 0 aromatic rings. The second-order valence-corrected chi connectivity index (χ2v) is 6.87. The van der Waals surface area contributed by atoms with Crippen LogP contribution in [0.15, 0.2) is 0 Å². The van der Waals surface area contributed by atoms with Gasteiger partial charge in [0.2, 0.25) is 5.91 Å². The van der Waals surface area contributed by atoms with E-state index in [2.05, 4.69) is 24.1 Å². The number of aliphatic carboxylic acids is 1. The van der Waals surface area contributed by atoms with Crippen LogP contribution >= 0.6 is 12.4 Å². The molecule has 0 spiro atoms. The van der Waals surface area contributed by atoms with E-state index in [4.69, 9.17) is 5.11 Å². The van der Waals surface area contributed by atoms with Crippen molar-refractivity contribution in [3.8, 4) is 0 Å². The number of nitrogens with zero attached hydrogens (tertiary/aromatic N) is 2. The number of carbonyl (C=O) groups is 2. The van der Waals surface area contributed by atoms with Crippen LogP contribution < -0.4 is 5.32 Å². The van der Waals surface area contributed by atoms with Crippen molar-refractivity contribution in [3.63, 3.8) is 0 Å². The van der Waals surface area contributed by atoms with Crippen LogP contribution in [0.2, 0.25) is 0 Å². The lowest BCUT2D eigenvalue weighted by atomic mass is 10.0. The summed E-state index contributed by atoms with van der Waals surface area (Å²) < 4.78 is 0. The van der Waals surface area contributed by atoms with Crippen molar-refractivity contribution < 1.29 is 14.7 Å². The summed E-state index contributed by atoms with van der Waals surface area (Å²) in [7, 11) is 0. The third-order valence-corrected chi connectivity index (χ3v) is 4.71. The van der Waals surface area contributed by atoms with Crippen molar-refractivity contribution in [1.29, 1.82) is 0 Å². The molecule has 1 unspecified atom stereocenters. The Morgan fingerprint density at radius 1 is 1.25 bits per heavy atom. The molecule has 0 aromatic carbocycles. The van der Waals surface area contributed by atoms with Crippen LogP contribution in [0.4, 0.5) is 0 Å². The van der Waals surface area contributed by atoms with Crippen molar-refractivity contribution in [2.75, 3.05) is 32.7 Å². The van der Waals surface area contributed by atoms with E-state index in [1.165, 1.54) is 0 Å². The Hall–Kier alpha value is -0.850. The molecule has 7 heteroatoms. The van der Waals surface area contributed by atoms with Crippen molar-refractivity contribution in [2.45, 2.75) is 59.0 Å². The SMILES string of the molecule is CCN(CC(=O)O)C1CCN(C(C)C(=O)NCCC(C)C)CC1.Cl. The summed E-state index contributed by atoms with van der Waals surface area (Å²) in [5, 5.41) is 12.0. The Morgan fingerprint density at radius 3 is 2.29 bits per heavy atom. The quantitative estimate of drug-likeness (QED) is 0.653. The van der Waals surface area contributed by atoms with Gasteiger partial charge in [-0.25, -0.2) is 0 Å². The van der Waals surface area contributed by atoms with Gasteiger partial charge >= 0.3 is 5.97 Å². The number of hydrogen-bond donors (Lipinski definition) is 2. The molecule has 0 aliphatic carbocycles. The monoisotopic (exact) mass is 363 g/mol. The Bertz CT molecular complexity index is 385. The average Bonchev–Trinajstić information content (AvgIpc) is 2.51. The van der Waals surface area contributed by atoms with E-state index in [0.717, 1.165) is 45.4 Å². The molecule has 1 rings (SSSR count). The number of carbonyl (C=O) groups excluding carboxylic acids is 1. The van der Waals surface area contributed by atoms with Crippen LogP contribution in [0.25, 0.3) is 0 Å². The highest BCUT2D eigenvalue weighted by atomic mass is 35.5. The number of nitrogens with one attached hydrogen (secondary N) is 1. The van der Waals surface area contributed by atoms with Gasteiger partial charge in [0.25, 0.3) is 0 Å². The molecule has 1 atom stereocenters. The second kappa shape index (κ2) is 11.7. The van der Waals surface area contributed by atoms with Crippen molar-refractivity contribution in [2.24, 2.45) is 5.92 Å². The summed E-state index contributed by atoms with van der Waals surface area (Å²) in [5.41, 5.74) is 0. The van der Waals surface area contributed by atoms with Crippen molar-refractivity contribution >= 4 is 24.3 Å². The van der Waals surface area contributed by atoms with E-state index in [9.17, 15) is 9.59 Å². The largest absolute Gasteiger partial charge is 0.480 e. The average molecular weight is 364 g/mol. The molecule has 142 valence electrons. The van der Waals surface area contributed by atoms with E-state index >= 15 is 0 Å². The third-order valence-electron chi connectivity index (χ3n) is 4.71. The Morgan fingerprint density at radius 2 is 1.83 bits per heavy atom. The molecule has 0 radical (unpaired) electrons. The first-order valence-corrected chi connectivity index (χ1v) is 8.82. The molecular weight excluding hydrogens is 330 g/mol. The summed E-state index contributed by atoms with van der Waals surface area (Å²) in [6.07, 6.45) is 2.84. The Kier molecular flexibility index (Phi) is 11.2. The number of likely N-dealkylation sites (tertiary alicyclic amines) is 1. The Labute approximate surface area is 152 Å². The highest BCUT2D eigenvalue weighted by Crippen LogP contribution is 2.18. The summed E-state index contributed by atoms with van der Waals surface area (Å²) in [6.45, 7) is 11.5. The number of carboxylic acids is 1. The molecule has 1 heterocycles. The van der Waals surface area contributed by atoms with Crippen molar-refractivity contribution in [1.82, 2.24) is 15.1 Å². The van der Waals surface area contributed by atoms with E-state index in [1.807, 2.05) is 18.7 Å². The predicted molar refractivity (Wildman–Crippen MR) is 98.7 cm³/mol. The number of carboxylic acid groups (broad SMARTS) is 1. The zero-order valence-electron chi connectivity index (χ0n) is 15.5. The topological polar surface area (TPSA) is 72.9 Å². The second-order valence-electron chi connectivity index (χ2n) is 6.87. The summed E-state index contributed by atoms with van der Waals surface area (Å²) in [4.78, 5) is 27.3. The maximum absolute atomic E-state index is 12.2. The maximum Gasteiger partial charge on any atom is 0.317 e. The fourth-order valence-electron chi connectivity index (χ4n) is 3.11. The van der Waals surface area contributed by atoms with E-state index < -0.39 is 5.97 Å². The van der Waals surface area contributed by atoms with Crippen LogP contribution in [-0.2, 0) is 9.59 Å². The molecule has 1 aliphatic heterocycles. The lowest BCUT2D eigenvalue weighted by Crippen LogP contribution is -2.52. The van der Waals surface area contributed by atoms with Gasteiger partial charge in [0.05, 0.1) is 12.6 Å². The minimum Gasteiger partial charge on any atom is -0.480 e. The van der Waals surface area contributed by atoms with Crippen LogP contribution in [0.5, 0.6) is 0 Å². The number of amides is 1. The minimum atomic E-state index is -0.771. The normalized spacial score (nSPS) is 17.6. The summed E-state index contributed by atoms with van der Waals surface area (Å²) in [5.74, 6) is -0.0789. The van der Waals surface area contributed by atoms with E-state index in [-0.39, 0.29) is 30.9 Å². The van der Waals surface area contributed by atoms with Gasteiger partial charge in [-0.1, -0.05) is 20.8 Å². The van der Waals surface area contributed by atoms with Gasteiger partial charge in [-0.2, -0.15) is 0 Å². The Balaban J connectivity index is 0.00000529. The first kappa shape index (κ1) is 23.1. The van der Waals surface area contributed by atoms with Crippen LogP contribution in [0.3, 0.4) is 0 Å². The molecule has 1 saturated heterocycles. The predicted octanol–water partition coefficient (Wildman–Crippen LogP) is 1.83. The molecule has 0 aromatic heterocycles. The number of rotatable bonds is 9. The first-order valence-electron chi connectivity index (χ1n) is 8.82. The van der Waals surface area contributed by atoms with Crippen LogP contribution in [-0.4, -0.2) is 71.6 Å². The molecule has 1 fully saturated rings. The number of halogens is 1. The zero-order chi connectivity index (χ0) is 17.4. The maximum atomic E-state index is 12.2. The molecular formula is C17H34ClN3O3. The van der Waals surface area contributed by atoms with Gasteiger partial charge in [0, 0.05) is 25.7 Å². The molecule has 2 N–H and O–H groups in total. The highest BCUT2D eigenvalue weighted by molar-refractivity contribution is 5.85. The zero-order valence-corrected chi connectivity index (χ0v) is 16.3. The van der Waals surface area contributed by atoms with Crippen molar-refractivity contribution in [3.05, 3.63) is 0 Å². The number of likely N-dealkylation sites (N-methyl/N-ethyl adjacent to an activating group) is 1. The number of hydrogen-bond acceptors (Lipinski definition) is 4. The van der Waals surface area contributed by atoms with Gasteiger partial charge in [0.1, 0.15) is 0 Å². The molecule has 24 heavy (non-hydrogen) atoms. The van der Waals surface area contributed by atoms with E-state index in [0.29, 0.717) is 12.0 Å². The standard InChI is InChI=1S/C17H33N3O3.ClH/c1-5-19(12-16(21)22)15-7-10-20(11-8-15)14(4)17(23)18-9-6-13(2)3;/h13-15H,5-12H2,1-4H3,(H,18,23)(H,21,22);1H. The molecule has 0 bridgehead atoms. The highest BCUT2D eigenvalue weighted by Gasteiger charge is 2.29. The summed E-state index contributed by atoms with van der Waals surface area (Å²) in [6, 6.07) is 0.196. The lowest BCUT2D eigenvalue weighted by molar-refractivity contribution is -0.139. The van der Waals surface area contributed by atoms with Gasteiger partial charge in [-0.3, -0.25) is 19.4 Å². The van der Waals surface area contributed by atoms with Gasteiger partial charge in [-0.15, -0.1) is 12.4 Å². The number of piperidine rings is 1. The van der Waals surface area contributed by atoms with Crippen LogP contribution in [0, 0.1) is 5.92 Å². The van der Waals surface area contributed by atoms with Gasteiger partial charge in [0.15, 0.2) is 0 Å².